The monoisotopic (exact) mass is 336 g/mol. The van der Waals surface area contributed by atoms with Crippen molar-refractivity contribution >= 4 is 11.7 Å². The highest BCUT2D eigenvalue weighted by Gasteiger charge is 2.21. The third kappa shape index (κ3) is 3.97. The zero-order valence-corrected chi connectivity index (χ0v) is 14.8. The number of nitrogens with one attached hydrogen (secondary N) is 2. The van der Waals surface area contributed by atoms with Crippen LogP contribution in [0.25, 0.3) is 0 Å². The van der Waals surface area contributed by atoms with Crippen molar-refractivity contribution in [2.24, 2.45) is 0 Å². The average Bonchev–Trinajstić information content (AvgIpc) is 2.64. The van der Waals surface area contributed by atoms with E-state index >= 15 is 0 Å². The molecule has 1 aliphatic rings. The van der Waals surface area contributed by atoms with E-state index in [1.165, 1.54) is 0 Å². The first kappa shape index (κ1) is 17.4. The lowest BCUT2D eigenvalue weighted by Crippen LogP contribution is -2.43. The van der Waals surface area contributed by atoms with E-state index in [1.54, 1.807) is 24.3 Å². The highest BCUT2D eigenvalue weighted by molar-refractivity contribution is 6.15. The smallest absolute Gasteiger partial charge is 0.252 e. The zero-order valence-electron chi connectivity index (χ0n) is 14.8. The number of amides is 1. The van der Waals surface area contributed by atoms with Crippen molar-refractivity contribution in [3.8, 4) is 0 Å². The number of carbonyl (C=O) groups excluding carboxylic acids is 2. The van der Waals surface area contributed by atoms with Crippen molar-refractivity contribution in [1.82, 2.24) is 10.6 Å². The Morgan fingerprint density at radius 1 is 0.960 bits per heavy atom. The van der Waals surface area contributed by atoms with Gasteiger partial charge < -0.3 is 10.6 Å². The van der Waals surface area contributed by atoms with Gasteiger partial charge in [0.1, 0.15) is 0 Å². The third-order valence-electron chi connectivity index (χ3n) is 4.86. The van der Waals surface area contributed by atoms with Crippen LogP contribution >= 0.6 is 0 Å². The summed E-state index contributed by atoms with van der Waals surface area (Å²) < 4.78 is 0. The fourth-order valence-electron chi connectivity index (χ4n) is 3.15. The van der Waals surface area contributed by atoms with E-state index in [0.29, 0.717) is 16.7 Å². The van der Waals surface area contributed by atoms with Crippen LogP contribution in [0.3, 0.4) is 0 Å². The topological polar surface area (TPSA) is 58.2 Å². The number of ketones is 1. The molecule has 1 aliphatic heterocycles. The molecule has 0 saturated carbocycles. The minimum Gasteiger partial charge on any atom is -0.349 e. The fraction of sp³-hybridized carbons (Fsp3) is 0.333. The number of benzene rings is 2. The summed E-state index contributed by atoms with van der Waals surface area (Å²) in [5, 5.41) is 6.35. The van der Waals surface area contributed by atoms with Crippen LogP contribution in [0, 0.1) is 13.8 Å². The molecule has 2 aromatic rings. The number of rotatable bonds is 4. The molecular weight excluding hydrogens is 312 g/mol. The summed E-state index contributed by atoms with van der Waals surface area (Å²) in [6.45, 7) is 5.83. The standard InChI is InChI=1S/C21H24N2O2/c1-14-7-8-16(13-15(14)2)20(24)18-5-3-4-6-19(18)21(25)23-17-9-11-22-12-10-17/h3-8,13,17,22H,9-12H2,1-2H3,(H,23,25). The van der Waals surface area contributed by atoms with Gasteiger partial charge in [-0.1, -0.05) is 30.3 Å². The van der Waals surface area contributed by atoms with Crippen LogP contribution in [0.1, 0.15) is 50.2 Å². The summed E-state index contributed by atoms with van der Waals surface area (Å²) in [6, 6.07) is 12.9. The van der Waals surface area contributed by atoms with Crippen molar-refractivity contribution in [3.63, 3.8) is 0 Å². The van der Waals surface area contributed by atoms with Crippen LogP contribution in [0.5, 0.6) is 0 Å². The summed E-state index contributed by atoms with van der Waals surface area (Å²) in [4.78, 5) is 25.6. The van der Waals surface area contributed by atoms with Gasteiger partial charge in [0.25, 0.3) is 5.91 Å². The molecule has 3 rings (SSSR count). The van der Waals surface area contributed by atoms with Crippen molar-refractivity contribution in [2.75, 3.05) is 13.1 Å². The molecule has 1 saturated heterocycles. The zero-order chi connectivity index (χ0) is 17.8. The van der Waals surface area contributed by atoms with Gasteiger partial charge in [-0.25, -0.2) is 0 Å². The van der Waals surface area contributed by atoms with Gasteiger partial charge in [0, 0.05) is 17.2 Å². The molecule has 0 spiro atoms. The van der Waals surface area contributed by atoms with E-state index in [2.05, 4.69) is 10.6 Å². The molecular formula is C21H24N2O2. The van der Waals surface area contributed by atoms with E-state index < -0.39 is 0 Å². The molecule has 2 N–H and O–H groups in total. The molecule has 0 aromatic heterocycles. The Morgan fingerprint density at radius 2 is 1.64 bits per heavy atom. The Labute approximate surface area is 148 Å². The van der Waals surface area contributed by atoms with E-state index in [4.69, 9.17) is 0 Å². The van der Waals surface area contributed by atoms with E-state index in [0.717, 1.165) is 37.1 Å². The first-order valence-electron chi connectivity index (χ1n) is 8.79. The van der Waals surface area contributed by atoms with Crippen LogP contribution < -0.4 is 10.6 Å². The average molecular weight is 336 g/mol. The summed E-state index contributed by atoms with van der Waals surface area (Å²) in [7, 11) is 0. The number of piperidine rings is 1. The van der Waals surface area contributed by atoms with Crippen molar-refractivity contribution in [3.05, 3.63) is 70.3 Å². The Bertz CT molecular complexity index is 792. The minimum absolute atomic E-state index is 0.112. The molecule has 0 radical (unpaired) electrons. The van der Waals surface area contributed by atoms with Gasteiger partial charge in [-0.05, 0) is 63.0 Å². The summed E-state index contributed by atoms with van der Waals surface area (Å²) in [6.07, 6.45) is 1.83. The fourth-order valence-corrected chi connectivity index (χ4v) is 3.15. The molecule has 0 aliphatic carbocycles. The Balaban J connectivity index is 1.85. The lowest BCUT2D eigenvalue weighted by atomic mass is 9.95. The summed E-state index contributed by atoms with van der Waals surface area (Å²) in [5.74, 6) is -0.279. The Morgan fingerprint density at radius 3 is 2.32 bits per heavy atom. The maximum absolute atomic E-state index is 12.9. The van der Waals surface area contributed by atoms with Crippen LogP contribution in [0.4, 0.5) is 0 Å². The molecule has 0 unspecified atom stereocenters. The molecule has 1 fully saturated rings. The number of aryl methyl sites for hydroxylation is 2. The van der Waals surface area contributed by atoms with E-state index in [-0.39, 0.29) is 17.7 Å². The summed E-state index contributed by atoms with van der Waals surface area (Å²) >= 11 is 0. The van der Waals surface area contributed by atoms with Gasteiger partial charge in [0.2, 0.25) is 0 Å². The maximum Gasteiger partial charge on any atom is 0.252 e. The predicted octanol–water partition coefficient (Wildman–Crippen LogP) is 3.02. The molecule has 2 aromatic carbocycles. The minimum atomic E-state index is -0.167. The van der Waals surface area contributed by atoms with Gasteiger partial charge in [0.15, 0.2) is 5.78 Å². The third-order valence-corrected chi connectivity index (χ3v) is 4.86. The summed E-state index contributed by atoms with van der Waals surface area (Å²) in [5.41, 5.74) is 3.74. The lowest BCUT2D eigenvalue weighted by Gasteiger charge is -2.24. The van der Waals surface area contributed by atoms with Gasteiger partial charge in [-0.15, -0.1) is 0 Å². The van der Waals surface area contributed by atoms with Crippen molar-refractivity contribution in [1.29, 1.82) is 0 Å². The predicted molar refractivity (Wildman–Crippen MR) is 99.1 cm³/mol. The van der Waals surface area contributed by atoms with Crippen LogP contribution in [-0.2, 0) is 0 Å². The van der Waals surface area contributed by atoms with Crippen LogP contribution in [-0.4, -0.2) is 30.8 Å². The van der Waals surface area contributed by atoms with Crippen LogP contribution in [0.15, 0.2) is 42.5 Å². The molecule has 130 valence electrons. The van der Waals surface area contributed by atoms with Gasteiger partial charge in [0.05, 0.1) is 5.56 Å². The molecule has 0 bridgehead atoms. The van der Waals surface area contributed by atoms with Crippen LogP contribution in [0.2, 0.25) is 0 Å². The quantitative estimate of drug-likeness (QED) is 0.844. The van der Waals surface area contributed by atoms with Crippen molar-refractivity contribution in [2.45, 2.75) is 32.7 Å². The number of hydrogen-bond donors (Lipinski definition) is 2. The highest BCUT2D eigenvalue weighted by Crippen LogP contribution is 2.18. The van der Waals surface area contributed by atoms with Gasteiger partial charge >= 0.3 is 0 Å². The largest absolute Gasteiger partial charge is 0.349 e. The second kappa shape index (κ2) is 7.62. The molecule has 25 heavy (non-hydrogen) atoms. The second-order valence-corrected chi connectivity index (χ2v) is 6.67. The SMILES string of the molecule is Cc1ccc(C(=O)c2ccccc2C(=O)NC2CCNCC2)cc1C. The lowest BCUT2D eigenvalue weighted by molar-refractivity contribution is 0.0920. The van der Waals surface area contributed by atoms with Gasteiger partial charge in [-0.2, -0.15) is 0 Å². The second-order valence-electron chi connectivity index (χ2n) is 6.67. The van der Waals surface area contributed by atoms with Crippen molar-refractivity contribution < 1.29 is 9.59 Å². The van der Waals surface area contributed by atoms with E-state index in [9.17, 15) is 9.59 Å². The first-order valence-corrected chi connectivity index (χ1v) is 8.79. The molecule has 4 nitrogen and oxygen atoms in total. The molecule has 4 heteroatoms. The maximum atomic E-state index is 12.9. The highest BCUT2D eigenvalue weighted by atomic mass is 16.2. The van der Waals surface area contributed by atoms with E-state index in [1.807, 2.05) is 32.0 Å². The molecule has 0 atom stereocenters. The first-order chi connectivity index (χ1) is 12.1. The normalized spacial score (nSPS) is 15.0. The van der Waals surface area contributed by atoms with Gasteiger partial charge in [-0.3, -0.25) is 9.59 Å². The Hall–Kier alpha value is -2.46. The molecule has 1 heterocycles. The Kier molecular flexibility index (Phi) is 5.29. The molecule has 1 amide bonds. The number of hydrogen-bond acceptors (Lipinski definition) is 3. The number of carbonyl (C=O) groups is 2.